The summed E-state index contributed by atoms with van der Waals surface area (Å²) < 4.78 is 5.11. The van der Waals surface area contributed by atoms with E-state index in [1.165, 1.54) is 0 Å². The first-order valence-electron chi connectivity index (χ1n) is 7.96. The van der Waals surface area contributed by atoms with E-state index in [1.807, 2.05) is 30.3 Å². The molecule has 0 radical (unpaired) electrons. The molecule has 0 bridgehead atoms. The summed E-state index contributed by atoms with van der Waals surface area (Å²) in [4.78, 5) is 28.5. The number of nitrogens with zero attached hydrogens (tertiary/aromatic N) is 2. The van der Waals surface area contributed by atoms with E-state index in [0.717, 1.165) is 5.75 Å². The molecule has 1 heterocycles. The fourth-order valence-corrected chi connectivity index (χ4v) is 2.79. The molecule has 1 saturated heterocycles. The number of methoxy groups -OCH3 is 1. The molecule has 0 aromatic heterocycles. The maximum atomic E-state index is 12.5. The van der Waals surface area contributed by atoms with E-state index < -0.39 is 0 Å². The van der Waals surface area contributed by atoms with Crippen LogP contribution in [0.1, 0.15) is 20.7 Å². The summed E-state index contributed by atoms with van der Waals surface area (Å²) in [7, 11) is 1.60. The Kier molecular flexibility index (Phi) is 4.79. The first-order chi connectivity index (χ1) is 11.7. The highest BCUT2D eigenvalue weighted by Crippen LogP contribution is 2.15. The summed E-state index contributed by atoms with van der Waals surface area (Å²) in [5, 5.41) is 0. The molecule has 3 rings (SSSR count). The second kappa shape index (κ2) is 7.17. The van der Waals surface area contributed by atoms with Gasteiger partial charge in [-0.1, -0.05) is 18.2 Å². The van der Waals surface area contributed by atoms with Gasteiger partial charge in [0, 0.05) is 37.3 Å². The Bertz CT molecular complexity index is 705. The minimum absolute atomic E-state index is 0.00976. The van der Waals surface area contributed by atoms with Crippen molar-refractivity contribution < 1.29 is 14.3 Å². The van der Waals surface area contributed by atoms with Crippen molar-refractivity contribution in [3.63, 3.8) is 0 Å². The Labute approximate surface area is 141 Å². The molecule has 0 aliphatic carbocycles. The summed E-state index contributed by atoms with van der Waals surface area (Å²) in [5.41, 5.74) is 1.33. The summed E-state index contributed by atoms with van der Waals surface area (Å²) in [6.45, 7) is 2.19. The zero-order chi connectivity index (χ0) is 16.9. The van der Waals surface area contributed by atoms with Gasteiger partial charge >= 0.3 is 0 Å². The molecular weight excluding hydrogens is 304 g/mol. The van der Waals surface area contributed by atoms with Gasteiger partial charge in [-0.2, -0.15) is 0 Å². The van der Waals surface area contributed by atoms with Gasteiger partial charge < -0.3 is 14.5 Å². The Balaban J connectivity index is 1.60. The molecule has 5 heteroatoms. The van der Waals surface area contributed by atoms with Crippen molar-refractivity contribution in [1.82, 2.24) is 9.80 Å². The van der Waals surface area contributed by atoms with Crippen LogP contribution in [0.2, 0.25) is 0 Å². The lowest BCUT2D eigenvalue weighted by atomic mass is 10.1. The first-order valence-corrected chi connectivity index (χ1v) is 7.96. The normalized spacial score (nSPS) is 14.4. The van der Waals surface area contributed by atoms with Crippen molar-refractivity contribution in [2.24, 2.45) is 0 Å². The number of piperazine rings is 1. The first kappa shape index (κ1) is 16.1. The monoisotopic (exact) mass is 324 g/mol. The van der Waals surface area contributed by atoms with Crippen molar-refractivity contribution in [2.45, 2.75) is 0 Å². The minimum atomic E-state index is -0.00976. The van der Waals surface area contributed by atoms with Crippen molar-refractivity contribution in [3.8, 4) is 5.75 Å². The van der Waals surface area contributed by atoms with Gasteiger partial charge in [-0.25, -0.2) is 0 Å². The number of amides is 2. The molecule has 0 N–H and O–H groups in total. The standard InChI is InChI=1S/C19H20N2O3/c1-24-17-9-7-16(8-10-17)19(23)21-13-11-20(12-14-21)18(22)15-5-3-2-4-6-15/h2-10H,11-14H2,1H3. The molecular formula is C19H20N2O3. The van der Waals surface area contributed by atoms with Gasteiger partial charge in [0.2, 0.25) is 0 Å². The largest absolute Gasteiger partial charge is 0.497 e. The summed E-state index contributed by atoms with van der Waals surface area (Å²) in [6.07, 6.45) is 0. The molecule has 2 aromatic rings. The van der Waals surface area contributed by atoms with Crippen molar-refractivity contribution in [2.75, 3.05) is 33.3 Å². The van der Waals surface area contributed by atoms with Crippen LogP contribution >= 0.6 is 0 Å². The topological polar surface area (TPSA) is 49.9 Å². The number of carbonyl (C=O) groups excluding carboxylic acids is 2. The van der Waals surface area contributed by atoms with E-state index in [9.17, 15) is 9.59 Å². The fourth-order valence-electron chi connectivity index (χ4n) is 2.79. The van der Waals surface area contributed by atoms with Crippen LogP contribution in [0.3, 0.4) is 0 Å². The highest BCUT2D eigenvalue weighted by molar-refractivity contribution is 5.96. The fraction of sp³-hybridized carbons (Fsp3) is 0.263. The van der Waals surface area contributed by atoms with Crippen LogP contribution in [0.15, 0.2) is 54.6 Å². The zero-order valence-electron chi connectivity index (χ0n) is 13.6. The van der Waals surface area contributed by atoms with Gasteiger partial charge in [0.05, 0.1) is 7.11 Å². The molecule has 1 aliphatic heterocycles. The molecule has 1 aliphatic rings. The van der Waals surface area contributed by atoms with Crippen molar-refractivity contribution in [3.05, 3.63) is 65.7 Å². The van der Waals surface area contributed by atoms with Crippen LogP contribution in [-0.4, -0.2) is 54.9 Å². The number of hydrogen-bond acceptors (Lipinski definition) is 3. The van der Waals surface area contributed by atoms with Crippen molar-refractivity contribution in [1.29, 1.82) is 0 Å². The lowest BCUT2D eigenvalue weighted by molar-refractivity contribution is 0.0535. The third-order valence-corrected chi connectivity index (χ3v) is 4.21. The molecule has 2 amide bonds. The lowest BCUT2D eigenvalue weighted by Gasteiger charge is -2.34. The number of hydrogen-bond donors (Lipinski definition) is 0. The SMILES string of the molecule is COc1ccc(C(=O)N2CCN(C(=O)c3ccccc3)CC2)cc1. The van der Waals surface area contributed by atoms with Crippen molar-refractivity contribution >= 4 is 11.8 Å². The second-order valence-electron chi connectivity index (χ2n) is 5.68. The quantitative estimate of drug-likeness (QED) is 0.870. The molecule has 0 spiro atoms. The number of rotatable bonds is 3. The Morgan fingerprint density at radius 1 is 0.750 bits per heavy atom. The summed E-state index contributed by atoms with van der Waals surface area (Å²) in [5.74, 6) is 0.737. The van der Waals surface area contributed by atoms with Gasteiger partial charge in [-0.3, -0.25) is 9.59 Å². The smallest absolute Gasteiger partial charge is 0.253 e. The Morgan fingerprint density at radius 3 is 1.67 bits per heavy atom. The molecule has 5 nitrogen and oxygen atoms in total. The van der Waals surface area contributed by atoms with Crippen LogP contribution < -0.4 is 4.74 Å². The predicted octanol–water partition coefficient (Wildman–Crippen LogP) is 2.29. The van der Waals surface area contributed by atoms with Crippen LogP contribution in [0.4, 0.5) is 0 Å². The maximum Gasteiger partial charge on any atom is 0.253 e. The van der Waals surface area contributed by atoms with Crippen LogP contribution in [0.5, 0.6) is 5.75 Å². The second-order valence-corrected chi connectivity index (χ2v) is 5.68. The van der Waals surface area contributed by atoms with E-state index in [2.05, 4.69) is 0 Å². The number of carbonyl (C=O) groups is 2. The number of benzene rings is 2. The number of ether oxygens (including phenoxy) is 1. The molecule has 24 heavy (non-hydrogen) atoms. The lowest BCUT2D eigenvalue weighted by Crippen LogP contribution is -2.50. The highest BCUT2D eigenvalue weighted by atomic mass is 16.5. The average Bonchev–Trinajstić information content (AvgIpc) is 2.68. The molecule has 1 fully saturated rings. The average molecular weight is 324 g/mol. The van der Waals surface area contributed by atoms with Crippen LogP contribution in [0.25, 0.3) is 0 Å². The minimum Gasteiger partial charge on any atom is -0.497 e. The van der Waals surface area contributed by atoms with Gasteiger partial charge in [0.1, 0.15) is 5.75 Å². The predicted molar refractivity (Wildman–Crippen MR) is 91.2 cm³/mol. The van der Waals surface area contributed by atoms with Gasteiger partial charge in [0.15, 0.2) is 0 Å². The third kappa shape index (κ3) is 3.40. The maximum absolute atomic E-state index is 12.5. The molecule has 0 atom stereocenters. The molecule has 2 aromatic carbocycles. The van der Waals surface area contributed by atoms with Crippen LogP contribution in [-0.2, 0) is 0 Å². The van der Waals surface area contributed by atoms with E-state index in [0.29, 0.717) is 37.3 Å². The van der Waals surface area contributed by atoms with Gasteiger partial charge in [0.25, 0.3) is 11.8 Å². The summed E-state index contributed by atoms with van der Waals surface area (Å²) in [6, 6.07) is 16.3. The Morgan fingerprint density at radius 2 is 1.21 bits per heavy atom. The van der Waals surface area contributed by atoms with E-state index in [4.69, 9.17) is 4.74 Å². The highest BCUT2D eigenvalue weighted by Gasteiger charge is 2.25. The Hall–Kier alpha value is -2.82. The van der Waals surface area contributed by atoms with E-state index in [1.54, 1.807) is 41.2 Å². The third-order valence-electron chi connectivity index (χ3n) is 4.21. The summed E-state index contributed by atoms with van der Waals surface area (Å²) >= 11 is 0. The zero-order valence-corrected chi connectivity index (χ0v) is 13.6. The van der Waals surface area contributed by atoms with Gasteiger partial charge in [-0.05, 0) is 36.4 Å². The molecule has 0 saturated carbocycles. The van der Waals surface area contributed by atoms with E-state index in [-0.39, 0.29) is 11.8 Å². The van der Waals surface area contributed by atoms with Crippen LogP contribution in [0, 0.1) is 0 Å². The molecule has 124 valence electrons. The van der Waals surface area contributed by atoms with Gasteiger partial charge in [-0.15, -0.1) is 0 Å². The van der Waals surface area contributed by atoms with E-state index >= 15 is 0 Å². The molecule has 0 unspecified atom stereocenters.